The number of benzene rings is 2. The number of tetrazole rings is 1. The van der Waals surface area contributed by atoms with E-state index in [0.29, 0.717) is 10.8 Å². The molecule has 25 heavy (non-hydrogen) atoms. The van der Waals surface area contributed by atoms with Crippen molar-refractivity contribution < 1.29 is 9.53 Å². The summed E-state index contributed by atoms with van der Waals surface area (Å²) in [7, 11) is 0. The van der Waals surface area contributed by atoms with Gasteiger partial charge in [-0.15, -0.1) is 5.10 Å². The molecule has 0 radical (unpaired) electrons. The van der Waals surface area contributed by atoms with E-state index in [4.69, 9.17) is 16.3 Å². The van der Waals surface area contributed by atoms with Gasteiger partial charge in [0.1, 0.15) is 12.1 Å². The van der Waals surface area contributed by atoms with Gasteiger partial charge in [-0.2, -0.15) is 0 Å². The van der Waals surface area contributed by atoms with Gasteiger partial charge in [-0.3, -0.25) is 4.79 Å². The molecule has 1 atom stereocenters. The smallest absolute Gasteiger partial charge is 0.258 e. The van der Waals surface area contributed by atoms with E-state index in [9.17, 15) is 4.79 Å². The highest BCUT2D eigenvalue weighted by molar-refractivity contribution is 6.30. The molecule has 8 heteroatoms. The molecule has 2 aromatic carbocycles. The van der Waals surface area contributed by atoms with Gasteiger partial charge in [-0.25, -0.2) is 4.68 Å². The summed E-state index contributed by atoms with van der Waals surface area (Å²) in [5.74, 6) is 0.374. The Morgan fingerprint density at radius 2 is 2.08 bits per heavy atom. The second-order valence-electron chi connectivity index (χ2n) is 5.38. The molecule has 1 N–H and O–H groups in total. The van der Waals surface area contributed by atoms with Crippen molar-refractivity contribution in [1.82, 2.24) is 25.5 Å². The predicted molar refractivity (Wildman–Crippen MR) is 92.7 cm³/mol. The molecule has 0 saturated heterocycles. The van der Waals surface area contributed by atoms with Crippen molar-refractivity contribution in [3.05, 3.63) is 65.4 Å². The Morgan fingerprint density at radius 3 is 2.76 bits per heavy atom. The molecule has 0 bridgehead atoms. The summed E-state index contributed by atoms with van der Waals surface area (Å²) >= 11 is 5.97. The normalized spacial score (nSPS) is 11.8. The van der Waals surface area contributed by atoms with Crippen molar-refractivity contribution >= 4 is 17.5 Å². The number of hydrogen-bond donors (Lipinski definition) is 1. The van der Waals surface area contributed by atoms with Crippen LogP contribution < -0.4 is 10.1 Å². The molecule has 0 saturated carbocycles. The SMILES string of the molecule is C[C@H](NC(=O)COc1ccc(-n2cnnn2)cc1)c1cccc(Cl)c1. The van der Waals surface area contributed by atoms with Gasteiger partial charge < -0.3 is 10.1 Å². The summed E-state index contributed by atoms with van der Waals surface area (Å²) in [6.07, 6.45) is 1.50. The molecule has 7 nitrogen and oxygen atoms in total. The van der Waals surface area contributed by atoms with Crippen molar-refractivity contribution in [2.75, 3.05) is 6.61 Å². The Kier molecular flexibility index (Phi) is 5.25. The molecule has 128 valence electrons. The fourth-order valence-corrected chi connectivity index (χ4v) is 2.46. The third-order valence-electron chi connectivity index (χ3n) is 3.55. The maximum absolute atomic E-state index is 12.0. The first-order valence-corrected chi connectivity index (χ1v) is 8.00. The zero-order chi connectivity index (χ0) is 17.6. The van der Waals surface area contributed by atoms with E-state index >= 15 is 0 Å². The minimum atomic E-state index is -0.211. The van der Waals surface area contributed by atoms with Crippen LogP contribution in [0.2, 0.25) is 5.02 Å². The summed E-state index contributed by atoms with van der Waals surface area (Å²) in [4.78, 5) is 12.0. The van der Waals surface area contributed by atoms with Crippen LogP contribution in [0.3, 0.4) is 0 Å². The molecular formula is C17H16ClN5O2. The summed E-state index contributed by atoms with van der Waals surface area (Å²) < 4.78 is 7.03. The van der Waals surface area contributed by atoms with Crippen LogP contribution in [0.5, 0.6) is 5.75 Å². The summed E-state index contributed by atoms with van der Waals surface area (Å²) in [6, 6.07) is 14.3. The second kappa shape index (κ2) is 7.76. The van der Waals surface area contributed by atoms with Crippen LogP contribution in [0.25, 0.3) is 5.69 Å². The molecule has 0 spiro atoms. The Labute approximate surface area is 149 Å². The zero-order valence-corrected chi connectivity index (χ0v) is 14.2. The van der Waals surface area contributed by atoms with Gasteiger partial charge in [0.2, 0.25) is 0 Å². The molecule has 1 aromatic heterocycles. The van der Waals surface area contributed by atoms with Crippen molar-refractivity contribution in [1.29, 1.82) is 0 Å². The lowest BCUT2D eigenvalue weighted by molar-refractivity contribution is -0.123. The van der Waals surface area contributed by atoms with E-state index in [0.717, 1.165) is 11.3 Å². The number of ether oxygens (including phenoxy) is 1. The number of rotatable bonds is 6. The molecular weight excluding hydrogens is 342 g/mol. The molecule has 0 aliphatic heterocycles. The third kappa shape index (κ3) is 4.54. The number of carbonyl (C=O) groups is 1. The molecule has 3 aromatic rings. The lowest BCUT2D eigenvalue weighted by atomic mass is 10.1. The highest BCUT2D eigenvalue weighted by Gasteiger charge is 2.10. The van der Waals surface area contributed by atoms with E-state index in [1.54, 1.807) is 30.3 Å². The highest BCUT2D eigenvalue weighted by atomic mass is 35.5. The van der Waals surface area contributed by atoms with Crippen LogP contribution in [-0.4, -0.2) is 32.7 Å². The predicted octanol–water partition coefficient (Wildman–Crippen LogP) is 2.57. The van der Waals surface area contributed by atoms with Gasteiger partial charge in [0.25, 0.3) is 5.91 Å². The molecule has 0 aliphatic rings. The maximum Gasteiger partial charge on any atom is 0.258 e. The number of amides is 1. The Bertz CT molecular complexity index is 837. The standard InChI is InChI=1S/C17H16ClN5O2/c1-12(13-3-2-4-14(18)9-13)20-17(24)10-25-16-7-5-15(6-8-16)23-11-19-21-22-23/h2-9,11-12H,10H2,1H3,(H,20,24)/t12-/m0/s1. The first kappa shape index (κ1) is 16.9. The van der Waals surface area contributed by atoms with Crippen LogP contribution in [0.4, 0.5) is 0 Å². The maximum atomic E-state index is 12.0. The van der Waals surface area contributed by atoms with Crippen molar-refractivity contribution in [2.45, 2.75) is 13.0 Å². The Balaban J connectivity index is 1.52. The van der Waals surface area contributed by atoms with Crippen molar-refractivity contribution in [3.63, 3.8) is 0 Å². The van der Waals surface area contributed by atoms with E-state index < -0.39 is 0 Å². The van der Waals surface area contributed by atoms with E-state index in [1.165, 1.54) is 11.0 Å². The van der Waals surface area contributed by atoms with Gasteiger partial charge in [0.15, 0.2) is 6.61 Å². The van der Waals surface area contributed by atoms with Gasteiger partial charge >= 0.3 is 0 Å². The molecule has 1 amide bonds. The number of hydrogen-bond acceptors (Lipinski definition) is 5. The number of carbonyl (C=O) groups excluding carboxylic acids is 1. The molecule has 0 fully saturated rings. The van der Waals surface area contributed by atoms with Gasteiger partial charge in [-0.05, 0) is 59.3 Å². The quantitative estimate of drug-likeness (QED) is 0.733. The number of aromatic nitrogens is 4. The fraction of sp³-hybridized carbons (Fsp3) is 0.176. The van der Waals surface area contributed by atoms with Crippen LogP contribution >= 0.6 is 11.6 Å². The second-order valence-corrected chi connectivity index (χ2v) is 5.82. The van der Waals surface area contributed by atoms with Crippen LogP contribution in [0, 0.1) is 0 Å². The van der Waals surface area contributed by atoms with Gasteiger partial charge in [0, 0.05) is 5.02 Å². The Morgan fingerprint density at radius 1 is 1.28 bits per heavy atom. The lowest BCUT2D eigenvalue weighted by Crippen LogP contribution is -2.31. The number of nitrogens with zero attached hydrogens (tertiary/aromatic N) is 4. The zero-order valence-electron chi connectivity index (χ0n) is 13.5. The number of halogens is 1. The molecule has 1 heterocycles. The summed E-state index contributed by atoms with van der Waals surface area (Å²) in [6.45, 7) is 1.82. The summed E-state index contributed by atoms with van der Waals surface area (Å²) in [5, 5.41) is 14.5. The first-order chi connectivity index (χ1) is 12.1. The molecule has 0 unspecified atom stereocenters. The van der Waals surface area contributed by atoms with E-state index in [2.05, 4.69) is 20.8 Å². The monoisotopic (exact) mass is 357 g/mol. The topological polar surface area (TPSA) is 81.9 Å². The van der Waals surface area contributed by atoms with E-state index in [1.807, 2.05) is 25.1 Å². The van der Waals surface area contributed by atoms with Crippen LogP contribution in [-0.2, 0) is 4.79 Å². The van der Waals surface area contributed by atoms with E-state index in [-0.39, 0.29) is 18.6 Å². The fourth-order valence-electron chi connectivity index (χ4n) is 2.27. The lowest BCUT2D eigenvalue weighted by Gasteiger charge is -2.15. The van der Waals surface area contributed by atoms with Crippen molar-refractivity contribution in [2.24, 2.45) is 0 Å². The average molecular weight is 358 g/mol. The van der Waals surface area contributed by atoms with Crippen LogP contribution in [0.1, 0.15) is 18.5 Å². The minimum absolute atomic E-state index is 0.0743. The Hall–Kier alpha value is -2.93. The third-order valence-corrected chi connectivity index (χ3v) is 3.78. The van der Waals surface area contributed by atoms with Gasteiger partial charge in [0.05, 0.1) is 11.7 Å². The first-order valence-electron chi connectivity index (χ1n) is 7.63. The van der Waals surface area contributed by atoms with Crippen molar-refractivity contribution in [3.8, 4) is 11.4 Å². The molecule has 0 aliphatic carbocycles. The number of nitrogens with one attached hydrogen (secondary N) is 1. The highest BCUT2D eigenvalue weighted by Crippen LogP contribution is 2.17. The summed E-state index contributed by atoms with van der Waals surface area (Å²) in [5.41, 5.74) is 1.74. The average Bonchev–Trinajstić information content (AvgIpc) is 3.15. The van der Waals surface area contributed by atoms with Crippen LogP contribution in [0.15, 0.2) is 54.9 Å². The minimum Gasteiger partial charge on any atom is -0.484 e. The van der Waals surface area contributed by atoms with Gasteiger partial charge in [-0.1, -0.05) is 23.7 Å². The largest absolute Gasteiger partial charge is 0.484 e. The molecule has 3 rings (SSSR count).